The Balaban J connectivity index is 2.10. The normalized spacial score (nSPS) is 10.7. The molecule has 2 aromatic heterocycles. The molecule has 0 bridgehead atoms. The van der Waals surface area contributed by atoms with Crippen LogP contribution in [0.1, 0.15) is 41.4 Å². The summed E-state index contributed by atoms with van der Waals surface area (Å²) in [5, 5.41) is 3.19. The third-order valence-electron chi connectivity index (χ3n) is 2.78. The molecule has 5 heteroatoms. The van der Waals surface area contributed by atoms with E-state index in [4.69, 9.17) is 11.6 Å². The van der Waals surface area contributed by atoms with Gasteiger partial charge in [-0.2, -0.15) is 0 Å². The van der Waals surface area contributed by atoms with Crippen molar-refractivity contribution in [2.45, 2.75) is 26.3 Å². The minimum atomic E-state index is -0.146. The number of rotatable bonds is 4. The van der Waals surface area contributed by atoms with E-state index in [-0.39, 0.29) is 11.8 Å². The summed E-state index contributed by atoms with van der Waals surface area (Å²) in [6.45, 7) is 4.51. The molecule has 2 heterocycles. The number of hydrogen-bond acceptors (Lipinski definition) is 2. The number of aromatic nitrogens is 2. The number of hydrogen-bond donors (Lipinski definition) is 2. The Morgan fingerprint density at radius 3 is 2.89 bits per heavy atom. The van der Waals surface area contributed by atoms with E-state index in [1.807, 2.05) is 32.3 Å². The van der Waals surface area contributed by atoms with Crippen molar-refractivity contribution in [2.75, 3.05) is 0 Å². The lowest BCUT2D eigenvalue weighted by Gasteiger charge is -2.09. The van der Waals surface area contributed by atoms with Crippen LogP contribution in [-0.4, -0.2) is 15.9 Å². The maximum atomic E-state index is 12.1. The van der Waals surface area contributed by atoms with Crippen LogP contribution >= 0.6 is 11.6 Å². The van der Waals surface area contributed by atoms with Crippen LogP contribution in [0.5, 0.6) is 0 Å². The van der Waals surface area contributed by atoms with Crippen molar-refractivity contribution >= 4 is 17.5 Å². The smallest absolute Gasteiger partial charge is 0.251 e. The molecule has 0 saturated heterocycles. The highest BCUT2D eigenvalue weighted by Crippen LogP contribution is 2.17. The van der Waals surface area contributed by atoms with Gasteiger partial charge in [0.15, 0.2) is 0 Å². The first kappa shape index (κ1) is 13.6. The Labute approximate surface area is 117 Å². The maximum absolute atomic E-state index is 12.1. The molecule has 0 aromatic carbocycles. The molecular formula is C14H16ClN3O. The van der Waals surface area contributed by atoms with Gasteiger partial charge in [0, 0.05) is 30.2 Å². The van der Waals surface area contributed by atoms with Crippen LogP contribution in [0.2, 0.25) is 5.15 Å². The molecule has 0 aliphatic heterocycles. The molecule has 0 radical (unpaired) electrons. The van der Waals surface area contributed by atoms with Gasteiger partial charge < -0.3 is 10.3 Å². The van der Waals surface area contributed by atoms with Crippen LogP contribution in [0.4, 0.5) is 0 Å². The van der Waals surface area contributed by atoms with E-state index in [1.165, 1.54) is 0 Å². The highest BCUT2D eigenvalue weighted by Gasteiger charge is 2.11. The first-order valence-corrected chi connectivity index (χ1v) is 6.51. The van der Waals surface area contributed by atoms with Gasteiger partial charge in [-0.3, -0.25) is 4.79 Å². The van der Waals surface area contributed by atoms with E-state index in [1.54, 1.807) is 12.1 Å². The molecule has 0 atom stereocenters. The number of H-pyrrole nitrogens is 1. The highest BCUT2D eigenvalue weighted by molar-refractivity contribution is 6.29. The number of carbonyl (C=O) groups excluding carboxylic acids is 1. The van der Waals surface area contributed by atoms with Crippen LogP contribution in [0.3, 0.4) is 0 Å². The predicted molar refractivity (Wildman–Crippen MR) is 75.3 cm³/mol. The van der Waals surface area contributed by atoms with Crippen molar-refractivity contribution in [1.29, 1.82) is 0 Å². The lowest BCUT2D eigenvalue weighted by Crippen LogP contribution is -2.23. The van der Waals surface area contributed by atoms with E-state index in [0.29, 0.717) is 17.3 Å². The molecule has 2 rings (SSSR count). The van der Waals surface area contributed by atoms with Crippen LogP contribution in [0.15, 0.2) is 30.6 Å². The summed E-state index contributed by atoms with van der Waals surface area (Å²) in [7, 11) is 0. The third-order valence-corrected chi connectivity index (χ3v) is 2.98. The molecule has 2 aromatic rings. The Morgan fingerprint density at radius 2 is 2.26 bits per heavy atom. The molecule has 0 aliphatic rings. The Bertz CT molecular complexity index is 564. The summed E-state index contributed by atoms with van der Waals surface area (Å²) in [5.74, 6) is 0.0855. The SMILES string of the molecule is CC(C)c1cc(C(=O)NCc2cc[nH]c2)cc(Cl)n1. The number of pyridine rings is 1. The second-order valence-electron chi connectivity index (χ2n) is 4.66. The van der Waals surface area contributed by atoms with Gasteiger partial charge in [-0.05, 0) is 29.7 Å². The van der Waals surface area contributed by atoms with Crippen LogP contribution in [0, 0.1) is 0 Å². The fourth-order valence-corrected chi connectivity index (χ4v) is 1.91. The molecule has 0 saturated carbocycles. The molecule has 4 nitrogen and oxygen atoms in total. The molecular weight excluding hydrogens is 262 g/mol. The monoisotopic (exact) mass is 277 g/mol. The highest BCUT2D eigenvalue weighted by atomic mass is 35.5. The van der Waals surface area contributed by atoms with Gasteiger partial charge in [0.25, 0.3) is 5.91 Å². The topological polar surface area (TPSA) is 57.8 Å². The number of halogens is 1. The molecule has 0 fully saturated rings. The van der Waals surface area contributed by atoms with Gasteiger partial charge >= 0.3 is 0 Å². The summed E-state index contributed by atoms with van der Waals surface area (Å²) in [4.78, 5) is 19.2. The van der Waals surface area contributed by atoms with Gasteiger partial charge in [-0.15, -0.1) is 0 Å². The van der Waals surface area contributed by atoms with Gasteiger partial charge in [-0.1, -0.05) is 25.4 Å². The average molecular weight is 278 g/mol. The van der Waals surface area contributed by atoms with Gasteiger partial charge in [-0.25, -0.2) is 4.98 Å². The number of nitrogens with one attached hydrogen (secondary N) is 2. The zero-order valence-corrected chi connectivity index (χ0v) is 11.7. The standard InChI is InChI=1S/C14H16ClN3O/c1-9(2)12-5-11(6-13(15)18-12)14(19)17-8-10-3-4-16-7-10/h3-7,9,16H,8H2,1-2H3,(H,17,19). The quantitative estimate of drug-likeness (QED) is 0.844. The lowest BCUT2D eigenvalue weighted by molar-refractivity contribution is 0.0950. The Morgan fingerprint density at radius 1 is 1.47 bits per heavy atom. The second-order valence-corrected chi connectivity index (χ2v) is 5.05. The molecule has 0 unspecified atom stereocenters. The first-order valence-electron chi connectivity index (χ1n) is 6.13. The third kappa shape index (κ3) is 3.58. The van der Waals surface area contributed by atoms with Crippen LogP contribution in [-0.2, 0) is 6.54 Å². The lowest BCUT2D eigenvalue weighted by atomic mass is 10.1. The summed E-state index contributed by atoms with van der Waals surface area (Å²) in [5.41, 5.74) is 2.39. The van der Waals surface area contributed by atoms with Crippen molar-refractivity contribution < 1.29 is 4.79 Å². The van der Waals surface area contributed by atoms with Gasteiger partial charge in [0.2, 0.25) is 0 Å². The van der Waals surface area contributed by atoms with Crippen molar-refractivity contribution in [3.8, 4) is 0 Å². The van der Waals surface area contributed by atoms with E-state index in [9.17, 15) is 4.79 Å². The van der Waals surface area contributed by atoms with Crippen LogP contribution in [0.25, 0.3) is 0 Å². The second kappa shape index (κ2) is 5.89. The van der Waals surface area contributed by atoms with Gasteiger partial charge in [0.05, 0.1) is 0 Å². The van der Waals surface area contributed by atoms with Crippen molar-refractivity contribution in [3.05, 3.63) is 52.6 Å². The first-order chi connectivity index (χ1) is 9.06. The summed E-state index contributed by atoms with van der Waals surface area (Å²) in [6, 6.07) is 5.28. The predicted octanol–water partition coefficient (Wildman–Crippen LogP) is 3.12. The van der Waals surface area contributed by atoms with E-state index in [2.05, 4.69) is 15.3 Å². The zero-order valence-electron chi connectivity index (χ0n) is 10.9. The fourth-order valence-electron chi connectivity index (χ4n) is 1.70. The average Bonchev–Trinajstić information content (AvgIpc) is 2.88. The molecule has 100 valence electrons. The number of nitrogens with zero attached hydrogens (tertiary/aromatic N) is 1. The molecule has 0 spiro atoms. The van der Waals surface area contributed by atoms with Crippen LogP contribution < -0.4 is 5.32 Å². The number of amides is 1. The fraction of sp³-hybridized carbons (Fsp3) is 0.286. The minimum Gasteiger partial charge on any atom is -0.367 e. The van der Waals surface area contributed by atoms with Crippen molar-refractivity contribution in [3.63, 3.8) is 0 Å². The van der Waals surface area contributed by atoms with E-state index in [0.717, 1.165) is 11.3 Å². The molecule has 19 heavy (non-hydrogen) atoms. The van der Waals surface area contributed by atoms with Gasteiger partial charge in [0.1, 0.15) is 5.15 Å². The van der Waals surface area contributed by atoms with Crippen molar-refractivity contribution in [2.24, 2.45) is 0 Å². The Kier molecular flexibility index (Phi) is 4.22. The number of carbonyl (C=O) groups is 1. The largest absolute Gasteiger partial charge is 0.367 e. The van der Waals surface area contributed by atoms with Crippen molar-refractivity contribution in [1.82, 2.24) is 15.3 Å². The Hall–Kier alpha value is -1.81. The summed E-state index contributed by atoms with van der Waals surface area (Å²) >= 11 is 5.94. The molecule has 1 amide bonds. The molecule has 2 N–H and O–H groups in total. The molecule has 0 aliphatic carbocycles. The summed E-state index contributed by atoms with van der Waals surface area (Å²) < 4.78 is 0. The minimum absolute atomic E-state index is 0.146. The van der Waals surface area contributed by atoms with E-state index >= 15 is 0 Å². The van der Waals surface area contributed by atoms with E-state index < -0.39 is 0 Å². The summed E-state index contributed by atoms with van der Waals surface area (Å²) in [6.07, 6.45) is 3.67. The number of aromatic amines is 1. The zero-order chi connectivity index (χ0) is 13.8. The maximum Gasteiger partial charge on any atom is 0.251 e.